The van der Waals surface area contributed by atoms with Gasteiger partial charge in [0.1, 0.15) is 0 Å². The van der Waals surface area contributed by atoms with Crippen molar-refractivity contribution >= 4 is 16.0 Å². The van der Waals surface area contributed by atoms with Crippen molar-refractivity contribution in [3.05, 3.63) is 54.0 Å². The quantitative estimate of drug-likeness (QED) is 0.770. The number of rotatable bonds is 6. The van der Waals surface area contributed by atoms with Crippen LogP contribution in [0.2, 0.25) is 0 Å². The number of ether oxygens (including phenoxy) is 1. The van der Waals surface area contributed by atoms with Gasteiger partial charge < -0.3 is 14.3 Å². The highest BCUT2D eigenvalue weighted by molar-refractivity contribution is 7.89. The molecule has 0 fully saturated rings. The minimum absolute atomic E-state index is 0.0143. The van der Waals surface area contributed by atoms with Crippen molar-refractivity contribution in [3.63, 3.8) is 0 Å². The number of benzene rings is 1. The first-order valence-corrected chi connectivity index (χ1v) is 7.80. The summed E-state index contributed by atoms with van der Waals surface area (Å²) in [4.78, 5) is 11.3. The lowest BCUT2D eigenvalue weighted by Gasteiger charge is -2.11. The third-order valence-electron chi connectivity index (χ3n) is 2.98. The predicted octanol–water partition coefficient (Wildman–Crippen LogP) is 1.08. The normalized spacial score (nSPS) is 12.8. The van der Waals surface area contributed by atoms with E-state index in [2.05, 4.69) is 9.46 Å². The fraction of sp³-hybridized carbons (Fsp3) is 0.214. The Kier molecular flexibility index (Phi) is 4.96. The molecule has 0 unspecified atom stereocenters. The number of carbonyl (C=O) groups is 1. The van der Waals surface area contributed by atoms with E-state index in [9.17, 15) is 18.3 Å². The fourth-order valence-electron chi connectivity index (χ4n) is 1.74. The second-order valence-corrected chi connectivity index (χ2v) is 6.21. The number of sulfonamides is 1. The highest BCUT2D eigenvalue weighted by Gasteiger charge is 2.18. The number of furan rings is 1. The van der Waals surface area contributed by atoms with E-state index in [1.807, 2.05) is 0 Å². The summed E-state index contributed by atoms with van der Waals surface area (Å²) in [6.45, 7) is -0.194. The molecular formula is C14H15NO6S. The van der Waals surface area contributed by atoms with Gasteiger partial charge in [-0.05, 0) is 30.3 Å². The van der Waals surface area contributed by atoms with Gasteiger partial charge in [-0.1, -0.05) is 0 Å². The summed E-state index contributed by atoms with van der Waals surface area (Å²) in [5.74, 6) is -0.549. The molecule has 0 spiro atoms. The Morgan fingerprint density at radius 1 is 1.32 bits per heavy atom. The van der Waals surface area contributed by atoms with Gasteiger partial charge in [0, 0.05) is 12.1 Å². The number of hydrogen-bond acceptors (Lipinski definition) is 6. The van der Waals surface area contributed by atoms with Crippen LogP contribution < -0.4 is 4.72 Å². The third kappa shape index (κ3) is 3.73. The first kappa shape index (κ1) is 16.2. The van der Waals surface area contributed by atoms with Crippen molar-refractivity contribution in [1.82, 2.24) is 4.72 Å². The Morgan fingerprint density at radius 2 is 2.00 bits per heavy atom. The van der Waals surface area contributed by atoms with Crippen LogP contribution in [0.25, 0.3) is 0 Å². The number of aliphatic hydroxyl groups excluding tert-OH is 1. The molecule has 0 aliphatic heterocycles. The van der Waals surface area contributed by atoms with E-state index in [-0.39, 0.29) is 17.0 Å². The smallest absolute Gasteiger partial charge is 0.337 e. The lowest BCUT2D eigenvalue weighted by Crippen LogP contribution is -2.28. The van der Waals surface area contributed by atoms with Crippen molar-refractivity contribution in [1.29, 1.82) is 0 Å². The molecular weight excluding hydrogens is 310 g/mol. The minimum atomic E-state index is -3.79. The van der Waals surface area contributed by atoms with E-state index in [0.29, 0.717) is 5.56 Å². The van der Waals surface area contributed by atoms with Gasteiger partial charge in [0.05, 0.1) is 36.2 Å². The average Bonchev–Trinajstić information content (AvgIpc) is 3.06. The molecule has 7 nitrogen and oxygen atoms in total. The number of methoxy groups -OCH3 is 1. The molecule has 2 aromatic rings. The van der Waals surface area contributed by atoms with E-state index in [1.54, 1.807) is 6.07 Å². The van der Waals surface area contributed by atoms with Crippen molar-refractivity contribution in [2.24, 2.45) is 0 Å². The number of esters is 1. The molecule has 0 amide bonds. The highest BCUT2D eigenvalue weighted by Crippen LogP contribution is 2.15. The molecule has 0 aliphatic rings. The standard InChI is InChI=1S/C14H15NO6S/c1-20-14(17)10-2-4-12(5-3-10)22(18,19)15-8-13(16)11-6-7-21-9-11/h2-7,9,13,15-16H,8H2,1H3/t13-/m0/s1. The Morgan fingerprint density at radius 3 is 2.55 bits per heavy atom. The molecule has 0 saturated heterocycles. The molecule has 2 rings (SSSR count). The topological polar surface area (TPSA) is 106 Å². The van der Waals surface area contributed by atoms with Crippen molar-refractivity contribution < 1.29 is 27.5 Å². The van der Waals surface area contributed by atoms with Gasteiger partial charge in [-0.25, -0.2) is 17.9 Å². The van der Waals surface area contributed by atoms with Crippen LogP contribution in [0, 0.1) is 0 Å². The Hall–Kier alpha value is -2.16. The molecule has 118 valence electrons. The maximum absolute atomic E-state index is 12.1. The van der Waals surface area contributed by atoms with Gasteiger partial charge in [-0.2, -0.15) is 0 Å². The molecule has 1 aromatic heterocycles. The van der Waals surface area contributed by atoms with Crippen LogP contribution in [-0.2, 0) is 14.8 Å². The molecule has 0 saturated carbocycles. The molecule has 22 heavy (non-hydrogen) atoms. The lowest BCUT2D eigenvalue weighted by molar-refractivity contribution is 0.0600. The zero-order valence-corrected chi connectivity index (χ0v) is 12.5. The molecule has 0 radical (unpaired) electrons. The molecule has 8 heteroatoms. The van der Waals surface area contributed by atoms with Gasteiger partial charge in [0.15, 0.2) is 0 Å². The Bertz CT molecular complexity index is 721. The van der Waals surface area contributed by atoms with E-state index in [4.69, 9.17) is 4.42 Å². The second kappa shape index (κ2) is 6.73. The first-order chi connectivity index (χ1) is 10.4. The maximum Gasteiger partial charge on any atom is 0.337 e. The van der Waals surface area contributed by atoms with E-state index in [0.717, 1.165) is 0 Å². The molecule has 1 heterocycles. The van der Waals surface area contributed by atoms with Crippen LogP contribution in [0.5, 0.6) is 0 Å². The Labute approximate surface area is 127 Å². The number of nitrogens with one attached hydrogen (secondary N) is 1. The number of aliphatic hydroxyl groups is 1. The summed E-state index contributed by atoms with van der Waals surface area (Å²) in [6, 6.07) is 6.83. The van der Waals surface area contributed by atoms with E-state index >= 15 is 0 Å². The van der Waals surface area contributed by atoms with Gasteiger partial charge >= 0.3 is 5.97 Å². The summed E-state index contributed by atoms with van der Waals surface area (Å²) in [5.41, 5.74) is 0.726. The van der Waals surface area contributed by atoms with Crippen LogP contribution in [0.15, 0.2) is 52.2 Å². The lowest BCUT2D eigenvalue weighted by atomic mass is 10.2. The molecule has 2 N–H and O–H groups in total. The summed E-state index contributed by atoms with van der Waals surface area (Å²) < 4.78 is 35.8. The number of carbonyl (C=O) groups excluding carboxylic acids is 1. The van der Waals surface area contributed by atoms with Crippen LogP contribution >= 0.6 is 0 Å². The molecule has 1 aromatic carbocycles. The zero-order valence-electron chi connectivity index (χ0n) is 11.7. The van der Waals surface area contributed by atoms with Crippen molar-refractivity contribution in [3.8, 4) is 0 Å². The largest absolute Gasteiger partial charge is 0.472 e. The summed E-state index contributed by atoms with van der Waals surface area (Å²) in [7, 11) is -2.55. The van der Waals surface area contributed by atoms with Crippen LogP contribution in [0.1, 0.15) is 22.0 Å². The van der Waals surface area contributed by atoms with Crippen molar-refractivity contribution in [2.75, 3.05) is 13.7 Å². The third-order valence-corrected chi connectivity index (χ3v) is 4.42. The average molecular weight is 325 g/mol. The summed E-state index contributed by atoms with van der Waals surface area (Å²) in [5, 5.41) is 9.82. The second-order valence-electron chi connectivity index (χ2n) is 4.44. The zero-order chi connectivity index (χ0) is 16.2. The predicted molar refractivity (Wildman–Crippen MR) is 76.6 cm³/mol. The molecule has 1 atom stereocenters. The minimum Gasteiger partial charge on any atom is -0.472 e. The van der Waals surface area contributed by atoms with Gasteiger partial charge in [-0.3, -0.25) is 0 Å². The SMILES string of the molecule is COC(=O)c1ccc(S(=O)(=O)NC[C@H](O)c2ccoc2)cc1. The van der Waals surface area contributed by atoms with Crippen LogP contribution in [-0.4, -0.2) is 33.1 Å². The van der Waals surface area contributed by atoms with Gasteiger partial charge in [0.2, 0.25) is 10.0 Å². The van der Waals surface area contributed by atoms with Crippen LogP contribution in [0.4, 0.5) is 0 Å². The Balaban J connectivity index is 2.05. The van der Waals surface area contributed by atoms with Crippen LogP contribution in [0.3, 0.4) is 0 Å². The fourth-order valence-corrected chi connectivity index (χ4v) is 2.78. The number of hydrogen-bond donors (Lipinski definition) is 2. The van der Waals surface area contributed by atoms with Crippen molar-refractivity contribution in [2.45, 2.75) is 11.0 Å². The maximum atomic E-state index is 12.1. The molecule has 0 bridgehead atoms. The van der Waals surface area contributed by atoms with Gasteiger partial charge in [-0.15, -0.1) is 0 Å². The monoisotopic (exact) mass is 325 g/mol. The summed E-state index contributed by atoms with van der Waals surface area (Å²) in [6.07, 6.45) is 1.71. The molecule has 0 aliphatic carbocycles. The van der Waals surface area contributed by atoms with Gasteiger partial charge in [0.25, 0.3) is 0 Å². The van der Waals surface area contributed by atoms with E-state index < -0.39 is 22.1 Å². The first-order valence-electron chi connectivity index (χ1n) is 6.32. The van der Waals surface area contributed by atoms with E-state index in [1.165, 1.54) is 43.9 Å². The summed E-state index contributed by atoms with van der Waals surface area (Å²) >= 11 is 0. The highest BCUT2D eigenvalue weighted by atomic mass is 32.2.